The monoisotopic (exact) mass is 252 g/mol. The lowest BCUT2D eigenvalue weighted by molar-refractivity contribution is 0.0897. The largest absolute Gasteiger partial charge is 0.345 e. The molecular formula is C13H24N4O. The molecule has 0 fully saturated rings. The van der Waals surface area contributed by atoms with E-state index >= 15 is 0 Å². The zero-order valence-electron chi connectivity index (χ0n) is 11.9. The standard InChI is InChI=1S/C13H24N4O/c1-9(2)6-13(4,8-14)15-12(18)11-7-17(5)16-10(11)3/h7,9H,6,8,14H2,1-5H3,(H,15,18). The molecule has 1 atom stereocenters. The van der Waals surface area contributed by atoms with E-state index in [2.05, 4.69) is 24.3 Å². The first-order chi connectivity index (χ1) is 8.27. The Morgan fingerprint density at radius 2 is 2.22 bits per heavy atom. The Bertz CT molecular complexity index is 425. The van der Waals surface area contributed by atoms with Crippen molar-refractivity contribution in [2.45, 2.75) is 39.7 Å². The molecule has 1 unspecified atom stereocenters. The van der Waals surface area contributed by atoms with Gasteiger partial charge in [0.2, 0.25) is 0 Å². The van der Waals surface area contributed by atoms with Crippen molar-refractivity contribution in [3.63, 3.8) is 0 Å². The first-order valence-electron chi connectivity index (χ1n) is 6.30. The average molecular weight is 252 g/mol. The molecule has 0 saturated heterocycles. The van der Waals surface area contributed by atoms with E-state index in [1.54, 1.807) is 17.9 Å². The summed E-state index contributed by atoms with van der Waals surface area (Å²) >= 11 is 0. The van der Waals surface area contributed by atoms with Crippen LogP contribution < -0.4 is 11.1 Å². The molecule has 5 heteroatoms. The maximum atomic E-state index is 12.2. The Morgan fingerprint density at radius 3 is 2.61 bits per heavy atom. The minimum atomic E-state index is -0.368. The van der Waals surface area contributed by atoms with Crippen LogP contribution in [0.25, 0.3) is 0 Å². The van der Waals surface area contributed by atoms with Crippen molar-refractivity contribution in [2.75, 3.05) is 6.54 Å². The fraction of sp³-hybridized carbons (Fsp3) is 0.692. The summed E-state index contributed by atoms with van der Waals surface area (Å²) in [5.74, 6) is 0.378. The number of carbonyl (C=O) groups is 1. The van der Waals surface area contributed by atoms with Crippen LogP contribution in [0.2, 0.25) is 0 Å². The highest BCUT2D eigenvalue weighted by molar-refractivity contribution is 5.95. The molecule has 1 amide bonds. The fourth-order valence-electron chi connectivity index (χ4n) is 2.25. The SMILES string of the molecule is Cc1nn(C)cc1C(=O)NC(C)(CN)CC(C)C. The molecule has 102 valence electrons. The van der Waals surface area contributed by atoms with Gasteiger partial charge in [-0.1, -0.05) is 13.8 Å². The number of nitrogens with one attached hydrogen (secondary N) is 1. The number of rotatable bonds is 5. The van der Waals surface area contributed by atoms with Gasteiger partial charge in [-0.25, -0.2) is 0 Å². The summed E-state index contributed by atoms with van der Waals surface area (Å²) in [6.07, 6.45) is 2.59. The Labute approximate surface area is 109 Å². The van der Waals surface area contributed by atoms with Gasteiger partial charge in [0.25, 0.3) is 5.91 Å². The van der Waals surface area contributed by atoms with Crippen LogP contribution in [0.1, 0.15) is 43.2 Å². The Morgan fingerprint density at radius 1 is 1.61 bits per heavy atom. The molecule has 0 saturated carbocycles. The van der Waals surface area contributed by atoms with Gasteiger partial charge in [-0.05, 0) is 26.2 Å². The fourth-order valence-corrected chi connectivity index (χ4v) is 2.25. The summed E-state index contributed by atoms with van der Waals surface area (Å²) in [6.45, 7) is 8.48. The minimum absolute atomic E-state index is 0.103. The summed E-state index contributed by atoms with van der Waals surface area (Å²) < 4.78 is 1.65. The number of carbonyl (C=O) groups excluding carboxylic acids is 1. The maximum absolute atomic E-state index is 12.2. The molecular weight excluding hydrogens is 228 g/mol. The lowest BCUT2D eigenvalue weighted by Gasteiger charge is -2.31. The molecule has 0 bridgehead atoms. The molecule has 0 aliphatic carbocycles. The first kappa shape index (κ1) is 14.7. The van der Waals surface area contributed by atoms with Crippen molar-refractivity contribution < 1.29 is 4.79 Å². The topological polar surface area (TPSA) is 72.9 Å². The molecule has 18 heavy (non-hydrogen) atoms. The summed E-state index contributed by atoms with van der Waals surface area (Å²) in [5, 5.41) is 7.20. The van der Waals surface area contributed by atoms with Gasteiger partial charge in [0, 0.05) is 25.3 Å². The second kappa shape index (κ2) is 5.52. The van der Waals surface area contributed by atoms with Gasteiger partial charge in [0.1, 0.15) is 0 Å². The van der Waals surface area contributed by atoms with Crippen molar-refractivity contribution in [1.29, 1.82) is 0 Å². The van der Waals surface area contributed by atoms with Crippen LogP contribution in [0.3, 0.4) is 0 Å². The third-order valence-corrected chi connectivity index (χ3v) is 2.98. The summed E-state index contributed by atoms with van der Waals surface area (Å²) in [5.41, 5.74) is 6.77. The van der Waals surface area contributed by atoms with Crippen LogP contribution in [0.15, 0.2) is 6.20 Å². The lowest BCUT2D eigenvalue weighted by atomic mass is 9.90. The quantitative estimate of drug-likeness (QED) is 0.827. The van der Waals surface area contributed by atoms with Crippen molar-refractivity contribution in [2.24, 2.45) is 18.7 Å². The van der Waals surface area contributed by atoms with Gasteiger partial charge in [0.15, 0.2) is 0 Å². The molecule has 0 aliphatic rings. The molecule has 0 aliphatic heterocycles. The van der Waals surface area contributed by atoms with Crippen molar-refractivity contribution in [3.05, 3.63) is 17.5 Å². The van der Waals surface area contributed by atoms with Gasteiger partial charge in [0.05, 0.1) is 11.3 Å². The second-order valence-corrected chi connectivity index (χ2v) is 5.62. The number of amides is 1. The smallest absolute Gasteiger partial charge is 0.255 e. The zero-order valence-corrected chi connectivity index (χ0v) is 11.9. The van der Waals surface area contributed by atoms with E-state index in [1.807, 2.05) is 13.8 Å². The molecule has 0 radical (unpaired) electrons. The van der Waals surface area contributed by atoms with E-state index in [-0.39, 0.29) is 11.4 Å². The normalized spacial score (nSPS) is 14.6. The molecule has 0 spiro atoms. The first-order valence-corrected chi connectivity index (χ1v) is 6.30. The third kappa shape index (κ3) is 3.57. The molecule has 1 aromatic heterocycles. The number of aryl methyl sites for hydroxylation is 2. The summed E-state index contributed by atoms with van der Waals surface area (Å²) in [4.78, 5) is 12.2. The highest BCUT2D eigenvalue weighted by atomic mass is 16.1. The van der Waals surface area contributed by atoms with Gasteiger partial charge in [-0.15, -0.1) is 0 Å². The Kier molecular flexibility index (Phi) is 4.51. The summed E-state index contributed by atoms with van der Waals surface area (Å²) in [6, 6.07) is 0. The lowest BCUT2D eigenvalue weighted by Crippen LogP contribution is -2.52. The Hall–Kier alpha value is -1.36. The van der Waals surface area contributed by atoms with Crippen LogP contribution in [-0.2, 0) is 7.05 Å². The molecule has 1 rings (SSSR count). The van der Waals surface area contributed by atoms with Crippen molar-refractivity contribution >= 4 is 5.91 Å². The van der Waals surface area contributed by atoms with E-state index in [0.717, 1.165) is 12.1 Å². The maximum Gasteiger partial charge on any atom is 0.255 e. The predicted molar refractivity (Wildman–Crippen MR) is 72.3 cm³/mol. The van der Waals surface area contributed by atoms with E-state index in [1.165, 1.54) is 0 Å². The van der Waals surface area contributed by atoms with Crippen LogP contribution in [0.5, 0.6) is 0 Å². The van der Waals surface area contributed by atoms with Crippen LogP contribution in [0.4, 0.5) is 0 Å². The van der Waals surface area contributed by atoms with E-state index < -0.39 is 0 Å². The average Bonchev–Trinajstić information content (AvgIpc) is 2.56. The van der Waals surface area contributed by atoms with Gasteiger partial charge >= 0.3 is 0 Å². The van der Waals surface area contributed by atoms with Gasteiger partial charge in [-0.2, -0.15) is 5.10 Å². The van der Waals surface area contributed by atoms with E-state index in [0.29, 0.717) is 18.0 Å². The number of aromatic nitrogens is 2. The number of hydrogen-bond acceptors (Lipinski definition) is 3. The second-order valence-electron chi connectivity index (χ2n) is 5.62. The van der Waals surface area contributed by atoms with Crippen LogP contribution in [0, 0.1) is 12.8 Å². The predicted octanol–water partition coefficient (Wildman–Crippen LogP) is 1.22. The highest BCUT2D eigenvalue weighted by Crippen LogP contribution is 2.16. The van der Waals surface area contributed by atoms with Crippen LogP contribution in [-0.4, -0.2) is 27.8 Å². The van der Waals surface area contributed by atoms with Crippen molar-refractivity contribution in [3.8, 4) is 0 Å². The molecule has 1 aromatic rings. The highest BCUT2D eigenvalue weighted by Gasteiger charge is 2.27. The molecule has 5 nitrogen and oxygen atoms in total. The number of nitrogens with two attached hydrogens (primary N) is 1. The van der Waals surface area contributed by atoms with Crippen molar-refractivity contribution in [1.82, 2.24) is 15.1 Å². The van der Waals surface area contributed by atoms with Gasteiger partial charge < -0.3 is 11.1 Å². The number of nitrogens with zero attached hydrogens (tertiary/aromatic N) is 2. The molecule has 0 aromatic carbocycles. The summed E-state index contributed by atoms with van der Waals surface area (Å²) in [7, 11) is 1.81. The molecule has 1 heterocycles. The Balaban J connectivity index is 2.82. The van der Waals surface area contributed by atoms with Gasteiger partial charge in [-0.3, -0.25) is 9.48 Å². The zero-order chi connectivity index (χ0) is 13.9. The van der Waals surface area contributed by atoms with E-state index in [9.17, 15) is 4.79 Å². The van der Waals surface area contributed by atoms with E-state index in [4.69, 9.17) is 5.73 Å². The minimum Gasteiger partial charge on any atom is -0.345 e. The van der Waals surface area contributed by atoms with Crippen LogP contribution >= 0.6 is 0 Å². The number of hydrogen-bond donors (Lipinski definition) is 2. The third-order valence-electron chi connectivity index (χ3n) is 2.98. The molecule has 3 N–H and O–H groups in total.